The number of rotatable bonds is 5. The van der Waals surface area contributed by atoms with E-state index in [0.717, 1.165) is 12.8 Å². The van der Waals surface area contributed by atoms with E-state index in [1.54, 1.807) is 0 Å². The summed E-state index contributed by atoms with van der Waals surface area (Å²) in [4.78, 5) is 33.1. The minimum atomic E-state index is -0.831. The summed E-state index contributed by atoms with van der Waals surface area (Å²) < 4.78 is 0. The van der Waals surface area contributed by atoms with Gasteiger partial charge in [-0.3, -0.25) is 19.7 Å². The van der Waals surface area contributed by atoms with E-state index in [0.29, 0.717) is 6.42 Å². The molecule has 1 amide bonds. The van der Waals surface area contributed by atoms with E-state index in [-0.39, 0.29) is 23.7 Å². The van der Waals surface area contributed by atoms with Crippen molar-refractivity contribution in [1.29, 1.82) is 0 Å². The van der Waals surface area contributed by atoms with Crippen LogP contribution in [0.3, 0.4) is 0 Å². The van der Waals surface area contributed by atoms with Crippen LogP contribution in [0.25, 0.3) is 0 Å². The smallest absolute Gasteiger partial charge is 0.306 e. The number of nitrogens with zero attached hydrogens (tertiary/aromatic N) is 1. The number of carboxylic acid groups (broad SMARTS) is 1. The number of hydrogen-bond donors (Lipinski definition) is 2. The molecule has 0 radical (unpaired) electrons. The topological polar surface area (TPSA) is 110 Å². The van der Waals surface area contributed by atoms with E-state index in [1.165, 1.54) is 24.3 Å². The van der Waals surface area contributed by atoms with E-state index in [9.17, 15) is 19.7 Å². The molecule has 0 bridgehead atoms. The summed E-state index contributed by atoms with van der Waals surface area (Å²) in [7, 11) is 0. The van der Waals surface area contributed by atoms with Crippen molar-refractivity contribution in [3.05, 3.63) is 39.9 Å². The zero-order valence-electron chi connectivity index (χ0n) is 11.3. The summed E-state index contributed by atoms with van der Waals surface area (Å²) in [5, 5.41) is 22.4. The van der Waals surface area contributed by atoms with Crippen LogP contribution in [0.5, 0.6) is 0 Å². The van der Waals surface area contributed by atoms with Crippen molar-refractivity contribution in [3.63, 3.8) is 0 Å². The highest BCUT2D eigenvalue weighted by Gasteiger charge is 2.32. The Hall–Kier alpha value is -2.44. The molecule has 2 unspecified atom stereocenters. The molecule has 7 heteroatoms. The molecule has 1 saturated carbocycles. The van der Waals surface area contributed by atoms with Gasteiger partial charge in [-0.05, 0) is 24.8 Å². The number of nitrogens with one attached hydrogen (secondary N) is 1. The SMILES string of the molecule is O=C(NCC1CCCC1C(=O)O)c1cccc([N+](=O)[O-])c1. The Bertz CT molecular complexity index is 572. The molecule has 1 aliphatic carbocycles. The molecule has 112 valence electrons. The van der Waals surface area contributed by atoms with Gasteiger partial charge in [0.1, 0.15) is 0 Å². The van der Waals surface area contributed by atoms with Crippen molar-refractivity contribution in [2.75, 3.05) is 6.54 Å². The molecule has 21 heavy (non-hydrogen) atoms. The predicted molar refractivity (Wildman–Crippen MR) is 73.9 cm³/mol. The summed E-state index contributed by atoms with van der Waals surface area (Å²) in [6, 6.07) is 5.46. The molecule has 2 N–H and O–H groups in total. The maximum absolute atomic E-state index is 12.0. The second-order valence-electron chi connectivity index (χ2n) is 5.15. The van der Waals surface area contributed by atoms with Crippen molar-refractivity contribution in [2.24, 2.45) is 11.8 Å². The molecule has 0 saturated heterocycles. The molecular formula is C14H16N2O5. The van der Waals surface area contributed by atoms with Crippen LogP contribution in [0.15, 0.2) is 24.3 Å². The summed E-state index contributed by atoms with van der Waals surface area (Å²) >= 11 is 0. The number of hydrogen-bond acceptors (Lipinski definition) is 4. The summed E-state index contributed by atoms with van der Waals surface area (Å²) in [6.07, 6.45) is 2.24. The van der Waals surface area contributed by atoms with E-state index >= 15 is 0 Å². The monoisotopic (exact) mass is 292 g/mol. The highest BCUT2D eigenvalue weighted by atomic mass is 16.6. The highest BCUT2D eigenvalue weighted by Crippen LogP contribution is 2.31. The number of benzene rings is 1. The molecular weight excluding hydrogens is 276 g/mol. The van der Waals surface area contributed by atoms with Gasteiger partial charge in [0.15, 0.2) is 0 Å². The first-order valence-corrected chi connectivity index (χ1v) is 6.74. The van der Waals surface area contributed by atoms with Gasteiger partial charge in [0.25, 0.3) is 11.6 Å². The lowest BCUT2D eigenvalue weighted by Gasteiger charge is -2.16. The third-order valence-electron chi connectivity index (χ3n) is 3.82. The third-order valence-corrected chi connectivity index (χ3v) is 3.82. The molecule has 1 aromatic rings. The van der Waals surface area contributed by atoms with Gasteiger partial charge in [-0.25, -0.2) is 0 Å². The lowest BCUT2D eigenvalue weighted by Crippen LogP contribution is -2.33. The molecule has 7 nitrogen and oxygen atoms in total. The fraction of sp³-hybridized carbons (Fsp3) is 0.429. The van der Waals surface area contributed by atoms with Crippen molar-refractivity contribution >= 4 is 17.6 Å². The number of aliphatic carboxylic acids is 1. The molecule has 2 atom stereocenters. The van der Waals surface area contributed by atoms with E-state index < -0.39 is 22.7 Å². The van der Waals surface area contributed by atoms with Gasteiger partial charge in [0, 0.05) is 24.2 Å². The van der Waals surface area contributed by atoms with Gasteiger partial charge in [-0.1, -0.05) is 12.5 Å². The van der Waals surface area contributed by atoms with Gasteiger partial charge in [0.2, 0.25) is 0 Å². The second-order valence-corrected chi connectivity index (χ2v) is 5.15. The molecule has 0 spiro atoms. The Morgan fingerprint density at radius 3 is 2.81 bits per heavy atom. The number of nitro groups is 1. The van der Waals surface area contributed by atoms with Crippen molar-refractivity contribution in [3.8, 4) is 0 Å². The number of carboxylic acids is 1. The normalized spacial score (nSPS) is 21.0. The van der Waals surface area contributed by atoms with Crippen LogP contribution in [0, 0.1) is 22.0 Å². The Labute approximate surface area is 121 Å². The fourth-order valence-corrected chi connectivity index (χ4v) is 2.69. The number of amides is 1. The summed E-state index contributed by atoms with van der Waals surface area (Å²) in [5.41, 5.74) is 0.0565. The van der Waals surface area contributed by atoms with Crippen LogP contribution in [0.4, 0.5) is 5.69 Å². The van der Waals surface area contributed by atoms with E-state index in [1.807, 2.05) is 0 Å². The van der Waals surface area contributed by atoms with Gasteiger partial charge in [-0.15, -0.1) is 0 Å². The van der Waals surface area contributed by atoms with E-state index in [4.69, 9.17) is 5.11 Å². The maximum atomic E-state index is 12.0. The minimum Gasteiger partial charge on any atom is -0.481 e. The standard InChI is InChI=1S/C14H16N2O5/c17-13(9-3-1-5-11(7-9)16(20)21)15-8-10-4-2-6-12(10)14(18)19/h1,3,5,7,10,12H,2,4,6,8H2,(H,15,17)(H,18,19). The van der Waals surface area contributed by atoms with Crippen LogP contribution in [-0.4, -0.2) is 28.5 Å². The van der Waals surface area contributed by atoms with Crippen molar-refractivity contribution in [1.82, 2.24) is 5.32 Å². The first-order valence-electron chi connectivity index (χ1n) is 6.74. The highest BCUT2D eigenvalue weighted by molar-refractivity contribution is 5.94. The Balaban J connectivity index is 1.97. The molecule has 0 heterocycles. The van der Waals surface area contributed by atoms with Crippen LogP contribution >= 0.6 is 0 Å². The molecule has 1 aromatic carbocycles. The Morgan fingerprint density at radius 1 is 1.38 bits per heavy atom. The van der Waals surface area contributed by atoms with Gasteiger partial charge in [0.05, 0.1) is 10.8 Å². The Kier molecular flexibility index (Phi) is 4.52. The maximum Gasteiger partial charge on any atom is 0.306 e. The van der Waals surface area contributed by atoms with Crippen molar-refractivity contribution < 1.29 is 19.6 Å². The largest absolute Gasteiger partial charge is 0.481 e. The van der Waals surface area contributed by atoms with Crippen molar-refractivity contribution in [2.45, 2.75) is 19.3 Å². The first kappa shape index (κ1) is 15.0. The molecule has 1 fully saturated rings. The summed E-state index contributed by atoms with van der Waals surface area (Å²) in [5.74, 6) is -1.75. The molecule has 1 aliphatic rings. The minimum absolute atomic E-state index is 0.0786. The lowest BCUT2D eigenvalue weighted by molar-refractivity contribution is -0.384. The van der Waals surface area contributed by atoms with Gasteiger partial charge < -0.3 is 10.4 Å². The van der Waals surface area contributed by atoms with Gasteiger partial charge in [-0.2, -0.15) is 0 Å². The average molecular weight is 292 g/mol. The molecule has 0 aromatic heterocycles. The predicted octanol–water partition coefficient (Wildman–Crippen LogP) is 1.83. The average Bonchev–Trinajstić information content (AvgIpc) is 2.93. The molecule has 2 rings (SSSR count). The number of carbonyl (C=O) groups is 2. The van der Waals surface area contributed by atoms with Crippen LogP contribution < -0.4 is 5.32 Å². The van der Waals surface area contributed by atoms with Crippen LogP contribution in [0.1, 0.15) is 29.6 Å². The van der Waals surface area contributed by atoms with E-state index in [2.05, 4.69) is 5.32 Å². The lowest BCUT2D eigenvalue weighted by atomic mass is 9.96. The zero-order valence-corrected chi connectivity index (χ0v) is 11.3. The zero-order chi connectivity index (χ0) is 15.4. The Morgan fingerprint density at radius 2 is 2.14 bits per heavy atom. The second kappa shape index (κ2) is 6.34. The number of non-ortho nitro benzene ring substituents is 1. The van der Waals surface area contributed by atoms with Gasteiger partial charge >= 0.3 is 5.97 Å². The first-order chi connectivity index (χ1) is 9.99. The van der Waals surface area contributed by atoms with Crippen LogP contribution in [0.2, 0.25) is 0 Å². The summed E-state index contributed by atoms with van der Waals surface area (Å²) in [6.45, 7) is 0.276. The number of carbonyl (C=O) groups excluding carboxylic acids is 1. The third kappa shape index (κ3) is 3.56. The number of nitro benzene ring substituents is 1. The molecule has 0 aliphatic heterocycles. The quantitative estimate of drug-likeness (QED) is 0.635. The fourth-order valence-electron chi connectivity index (χ4n) is 2.69. The van der Waals surface area contributed by atoms with Crippen LogP contribution in [-0.2, 0) is 4.79 Å².